The Morgan fingerprint density at radius 2 is 1.81 bits per heavy atom. The Hall–Kier alpha value is -2.17. The van der Waals surface area contributed by atoms with Gasteiger partial charge in [-0.05, 0) is 44.0 Å². The zero-order valence-electron chi connectivity index (χ0n) is 13.1. The maximum atomic E-state index is 11.1. The number of hydrogen-bond donors (Lipinski definition) is 0. The molecule has 0 N–H and O–H groups in total. The summed E-state index contributed by atoms with van der Waals surface area (Å²) in [6.45, 7) is 10.3. The fourth-order valence-corrected chi connectivity index (χ4v) is 2.51. The highest BCUT2D eigenvalue weighted by atomic mass is 16.1. The van der Waals surface area contributed by atoms with Crippen molar-refractivity contribution in [2.75, 3.05) is 18.0 Å². The van der Waals surface area contributed by atoms with Gasteiger partial charge in [-0.3, -0.25) is 4.79 Å². The van der Waals surface area contributed by atoms with E-state index in [9.17, 15) is 4.79 Å². The van der Waals surface area contributed by atoms with Crippen LogP contribution >= 0.6 is 0 Å². The van der Waals surface area contributed by atoms with E-state index < -0.39 is 0 Å². The van der Waals surface area contributed by atoms with Crippen LogP contribution in [0.4, 0.5) is 5.69 Å². The minimum Gasteiger partial charge on any atom is -0.372 e. The van der Waals surface area contributed by atoms with Crippen LogP contribution in [0.1, 0.15) is 49.8 Å². The lowest BCUT2D eigenvalue weighted by Crippen LogP contribution is -2.21. The van der Waals surface area contributed by atoms with Crippen molar-refractivity contribution in [3.8, 4) is 5.69 Å². The van der Waals surface area contributed by atoms with Crippen molar-refractivity contribution < 1.29 is 4.79 Å². The van der Waals surface area contributed by atoms with Gasteiger partial charge in [0.25, 0.3) is 0 Å². The Bertz CT molecular complexity index is 597. The van der Waals surface area contributed by atoms with Crippen LogP contribution in [0.5, 0.6) is 0 Å². The molecule has 0 amide bonds. The summed E-state index contributed by atoms with van der Waals surface area (Å²) in [4.78, 5) is 13.4. The molecule has 1 heterocycles. The number of carbonyl (C=O) groups is 1. The summed E-state index contributed by atoms with van der Waals surface area (Å²) in [5.41, 5.74) is 3.37. The van der Waals surface area contributed by atoms with Gasteiger partial charge in [-0.1, -0.05) is 19.1 Å². The van der Waals surface area contributed by atoms with Gasteiger partial charge in [-0.25, -0.2) is 4.68 Å². The van der Waals surface area contributed by atoms with Crippen molar-refractivity contribution >= 4 is 12.0 Å². The monoisotopic (exact) mass is 286 g/mol. The van der Waals surface area contributed by atoms with Crippen LogP contribution in [-0.2, 0) is 0 Å². The van der Waals surface area contributed by atoms with Crippen LogP contribution in [0.3, 0.4) is 0 Å². The molecule has 0 fully saturated rings. The van der Waals surface area contributed by atoms with Crippen molar-refractivity contribution in [3.05, 3.63) is 35.7 Å². The maximum Gasteiger partial charge on any atom is 0.172 e. The molecule has 1 aromatic heterocycles. The summed E-state index contributed by atoms with van der Waals surface area (Å²) in [5.74, 6) is 0.183. The SMILES string of the molecule is CCN(CC)c1ccc(-n2nnc(C=O)c2C(C)C)cc1. The van der Waals surface area contributed by atoms with Gasteiger partial charge in [0.15, 0.2) is 6.29 Å². The third kappa shape index (κ3) is 2.96. The van der Waals surface area contributed by atoms with Gasteiger partial charge in [-0.2, -0.15) is 0 Å². The van der Waals surface area contributed by atoms with Crippen LogP contribution in [0.15, 0.2) is 24.3 Å². The van der Waals surface area contributed by atoms with E-state index in [0.29, 0.717) is 5.69 Å². The number of nitrogens with zero attached hydrogens (tertiary/aromatic N) is 4. The van der Waals surface area contributed by atoms with Gasteiger partial charge in [0.05, 0.1) is 11.4 Å². The molecule has 0 aliphatic carbocycles. The number of aldehydes is 1. The molecule has 0 atom stereocenters. The molecule has 0 radical (unpaired) electrons. The summed E-state index contributed by atoms with van der Waals surface area (Å²) in [7, 11) is 0. The first-order valence-corrected chi connectivity index (χ1v) is 7.38. The van der Waals surface area contributed by atoms with Gasteiger partial charge in [0, 0.05) is 18.8 Å². The van der Waals surface area contributed by atoms with Gasteiger partial charge in [0.2, 0.25) is 0 Å². The lowest BCUT2D eigenvalue weighted by Gasteiger charge is -2.21. The Balaban J connectivity index is 2.39. The van der Waals surface area contributed by atoms with E-state index in [1.807, 2.05) is 26.0 Å². The fraction of sp³-hybridized carbons (Fsp3) is 0.438. The molecule has 0 spiro atoms. The number of hydrogen-bond acceptors (Lipinski definition) is 4. The van der Waals surface area contributed by atoms with E-state index in [-0.39, 0.29) is 5.92 Å². The second-order valence-electron chi connectivity index (χ2n) is 5.23. The maximum absolute atomic E-state index is 11.1. The predicted molar refractivity (Wildman–Crippen MR) is 84.4 cm³/mol. The lowest BCUT2D eigenvalue weighted by atomic mass is 10.1. The Kier molecular flexibility index (Phi) is 4.73. The van der Waals surface area contributed by atoms with Crippen molar-refractivity contribution in [2.45, 2.75) is 33.6 Å². The summed E-state index contributed by atoms with van der Waals surface area (Å²) in [5, 5.41) is 8.07. The number of carbonyl (C=O) groups excluding carboxylic acids is 1. The molecule has 1 aromatic carbocycles. The van der Waals surface area contributed by atoms with Crippen molar-refractivity contribution in [1.29, 1.82) is 0 Å². The standard InChI is InChI=1S/C16H22N4O/c1-5-19(6-2)13-7-9-14(10-8-13)20-16(12(3)4)15(11-21)17-18-20/h7-12H,5-6H2,1-4H3. The molecule has 0 bridgehead atoms. The van der Waals surface area contributed by atoms with Crippen molar-refractivity contribution in [2.24, 2.45) is 0 Å². The average Bonchev–Trinajstić information content (AvgIpc) is 2.93. The first-order chi connectivity index (χ1) is 10.1. The number of anilines is 1. The quantitative estimate of drug-likeness (QED) is 0.766. The van der Waals surface area contributed by atoms with Gasteiger partial charge >= 0.3 is 0 Å². The van der Waals surface area contributed by atoms with Gasteiger partial charge in [0.1, 0.15) is 5.69 Å². The van der Waals surface area contributed by atoms with Gasteiger partial charge in [-0.15, -0.1) is 5.10 Å². The lowest BCUT2D eigenvalue weighted by molar-refractivity contribution is 0.111. The van der Waals surface area contributed by atoms with Crippen LogP contribution < -0.4 is 4.90 Å². The minimum absolute atomic E-state index is 0.183. The molecule has 0 aliphatic rings. The van der Waals surface area contributed by atoms with E-state index >= 15 is 0 Å². The first-order valence-electron chi connectivity index (χ1n) is 7.38. The van der Waals surface area contributed by atoms with E-state index in [2.05, 4.69) is 41.2 Å². The summed E-state index contributed by atoms with van der Waals surface area (Å²) >= 11 is 0. The fourth-order valence-electron chi connectivity index (χ4n) is 2.51. The van der Waals surface area contributed by atoms with Gasteiger partial charge < -0.3 is 4.90 Å². The molecule has 0 saturated heterocycles. The normalized spacial score (nSPS) is 10.9. The van der Waals surface area contributed by atoms with Crippen molar-refractivity contribution in [3.63, 3.8) is 0 Å². The van der Waals surface area contributed by atoms with E-state index in [4.69, 9.17) is 0 Å². The Morgan fingerprint density at radius 3 is 2.29 bits per heavy atom. The largest absolute Gasteiger partial charge is 0.372 e. The molecule has 0 aliphatic heterocycles. The highest BCUT2D eigenvalue weighted by molar-refractivity contribution is 5.74. The molecule has 112 valence electrons. The molecule has 0 saturated carbocycles. The molecule has 0 unspecified atom stereocenters. The van der Waals surface area contributed by atoms with E-state index in [1.54, 1.807) is 4.68 Å². The third-order valence-electron chi connectivity index (χ3n) is 3.61. The minimum atomic E-state index is 0.183. The summed E-state index contributed by atoms with van der Waals surface area (Å²) in [6.07, 6.45) is 0.767. The second kappa shape index (κ2) is 6.52. The van der Waals surface area contributed by atoms with Crippen LogP contribution in [-0.4, -0.2) is 34.4 Å². The third-order valence-corrected chi connectivity index (χ3v) is 3.61. The number of benzene rings is 1. The number of aromatic nitrogens is 3. The average molecular weight is 286 g/mol. The van der Waals surface area contributed by atoms with E-state index in [1.165, 1.54) is 5.69 Å². The number of rotatable bonds is 6. The Morgan fingerprint density at radius 1 is 1.19 bits per heavy atom. The molecular formula is C16H22N4O. The predicted octanol–water partition coefficient (Wildman–Crippen LogP) is 3.05. The van der Waals surface area contributed by atoms with Crippen LogP contribution in [0.25, 0.3) is 5.69 Å². The molecule has 2 rings (SSSR count). The van der Waals surface area contributed by atoms with E-state index in [0.717, 1.165) is 30.8 Å². The van der Waals surface area contributed by atoms with Crippen LogP contribution in [0, 0.1) is 0 Å². The molecule has 5 heteroatoms. The summed E-state index contributed by atoms with van der Waals surface area (Å²) < 4.78 is 1.75. The first kappa shape index (κ1) is 15.2. The molecule has 21 heavy (non-hydrogen) atoms. The topological polar surface area (TPSA) is 51.0 Å². The van der Waals surface area contributed by atoms with Crippen molar-refractivity contribution in [1.82, 2.24) is 15.0 Å². The summed E-state index contributed by atoms with van der Waals surface area (Å²) in [6, 6.07) is 8.19. The zero-order valence-corrected chi connectivity index (χ0v) is 13.1. The highest BCUT2D eigenvalue weighted by Crippen LogP contribution is 2.22. The molecular weight excluding hydrogens is 264 g/mol. The zero-order chi connectivity index (χ0) is 15.4. The highest BCUT2D eigenvalue weighted by Gasteiger charge is 2.16. The second-order valence-corrected chi connectivity index (χ2v) is 5.23. The molecule has 2 aromatic rings. The van der Waals surface area contributed by atoms with Crippen LogP contribution in [0.2, 0.25) is 0 Å². The smallest absolute Gasteiger partial charge is 0.172 e. The Labute approximate surface area is 125 Å². The molecule has 5 nitrogen and oxygen atoms in total.